The van der Waals surface area contributed by atoms with Crippen molar-refractivity contribution < 1.29 is 19.4 Å². The van der Waals surface area contributed by atoms with Crippen LogP contribution in [0.25, 0.3) is 0 Å². The van der Waals surface area contributed by atoms with Crippen LogP contribution in [0.1, 0.15) is 6.42 Å². The molecular weight excluding hydrogens is 278 g/mol. The molecule has 7 nitrogen and oxygen atoms in total. The van der Waals surface area contributed by atoms with Gasteiger partial charge in [-0.2, -0.15) is 0 Å². The van der Waals surface area contributed by atoms with E-state index in [-0.39, 0.29) is 18.6 Å². The lowest BCUT2D eigenvalue weighted by Crippen LogP contribution is -2.59. The van der Waals surface area contributed by atoms with Crippen molar-refractivity contribution in [3.05, 3.63) is 0 Å². The van der Waals surface area contributed by atoms with Crippen LogP contribution in [0.5, 0.6) is 0 Å². The molecule has 0 unspecified atom stereocenters. The lowest BCUT2D eigenvalue weighted by atomic mass is 10.0. The lowest BCUT2D eigenvalue weighted by Gasteiger charge is -2.35. The van der Waals surface area contributed by atoms with Crippen LogP contribution in [0.2, 0.25) is 25.7 Å². The summed E-state index contributed by atoms with van der Waals surface area (Å²) in [6.45, 7) is 7.62. The number of hydrogen-bond acceptors (Lipinski definition) is 4. The van der Waals surface area contributed by atoms with Gasteiger partial charge in [0.1, 0.15) is 0 Å². The maximum Gasteiger partial charge on any atom is 0.407 e. The normalized spacial score (nSPS) is 23.3. The average molecular weight is 303 g/mol. The fourth-order valence-electron chi connectivity index (χ4n) is 1.94. The number of nitrogens with two attached hydrogens (primary N) is 1. The zero-order valence-electron chi connectivity index (χ0n) is 12.4. The maximum atomic E-state index is 11.7. The number of likely N-dealkylation sites (tertiary alicyclic amines) is 1. The fourth-order valence-corrected chi connectivity index (χ4v) is 2.65. The van der Waals surface area contributed by atoms with Gasteiger partial charge in [0.15, 0.2) is 0 Å². The standard InChI is InChI=1S/C12H25N3O4Si/c1-20(2,3)7-6-19-11(16)14-10-8-15(12(17)18)5-4-9(10)13/h9-10H,4-8,13H2,1-3H3,(H,14,16)(H,17,18)/t9-,10+/m0/s1. The van der Waals surface area contributed by atoms with E-state index in [1.807, 2.05) is 0 Å². The topological polar surface area (TPSA) is 105 Å². The fraction of sp³-hybridized carbons (Fsp3) is 0.833. The summed E-state index contributed by atoms with van der Waals surface area (Å²) in [5, 5.41) is 11.6. The van der Waals surface area contributed by atoms with E-state index in [1.165, 1.54) is 4.90 Å². The van der Waals surface area contributed by atoms with Gasteiger partial charge in [-0.1, -0.05) is 19.6 Å². The Kier molecular flexibility index (Phi) is 5.82. The Hall–Kier alpha value is -1.28. The van der Waals surface area contributed by atoms with Gasteiger partial charge >= 0.3 is 12.2 Å². The number of carbonyl (C=O) groups is 2. The Labute approximate surface area is 120 Å². The largest absolute Gasteiger partial charge is 0.465 e. The van der Waals surface area contributed by atoms with Crippen LogP contribution >= 0.6 is 0 Å². The van der Waals surface area contributed by atoms with Crippen molar-refractivity contribution in [1.82, 2.24) is 10.2 Å². The van der Waals surface area contributed by atoms with Crippen molar-refractivity contribution in [2.45, 2.75) is 44.2 Å². The van der Waals surface area contributed by atoms with Crippen molar-refractivity contribution in [2.24, 2.45) is 5.73 Å². The molecule has 0 aromatic carbocycles. The minimum atomic E-state index is -1.23. The van der Waals surface area contributed by atoms with Crippen LogP contribution in [0.4, 0.5) is 9.59 Å². The van der Waals surface area contributed by atoms with Crippen LogP contribution in [0, 0.1) is 0 Å². The van der Waals surface area contributed by atoms with Crippen LogP contribution in [-0.4, -0.2) is 62.0 Å². The quantitative estimate of drug-likeness (QED) is 0.675. The van der Waals surface area contributed by atoms with Gasteiger partial charge in [-0.15, -0.1) is 0 Å². The summed E-state index contributed by atoms with van der Waals surface area (Å²) >= 11 is 0. The number of nitrogens with one attached hydrogen (secondary N) is 1. The molecule has 1 aliphatic heterocycles. The van der Waals surface area contributed by atoms with Gasteiger partial charge in [-0.05, 0) is 12.5 Å². The number of carbonyl (C=O) groups excluding carboxylic acids is 1. The van der Waals surface area contributed by atoms with Crippen LogP contribution in [0.15, 0.2) is 0 Å². The maximum absolute atomic E-state index is 11.7. The number of carboxylic acid groups (broad SMARTS) is 1. The number of piperidine rings is 1. The summed E-state index contributed by atoms with van der Waals surface area (Å²) in [7, 11) is -1.23. The second kappa shape index (κ2) is 6.94. The summed E-state index contributed by atoms with van der Waals surface area (Å²) in [6, 6.07) is 0.271. The Morgan fingerprint density at radius 2 is 2.10 bits per heavy atom. The minimum absolute atomic E-state index is 0.208. The van der Waals surface area contributed by atoms with Crippen molar-refractivity contribution in [2.75, 3.05) is 19.7 Å². The van der Waals surface area contributed by atoms with Crippen molar-refractivity contribution >= 4 is 20.3 Å². The molecule has 1 fully saturated rings. The molecule has 116 valence electrons. The first-order valence-corrected chi connectivity index (χ1v) is 10.6. The van der Waals surface area contributed by atoms with Crippen LogP contribution < -0.4 is 11.1 Å². The monoisotopic (exact) mass is 303 g/mol. The summed E-state index contributed by atoms with van der Waals surface area (Å²) in [6.07, 6.45) is -0.974. The Balaban J connectivity index is 2.37. The summed E-state index contributed by atoms with van der Waals surface area (Å²) in [5.74, 6) is 0. The molecule has 8 heteroatoms. The molecule has 0 aromatic heterocycles. The number of rotatable bonds is 4. The lowest BCUT2D eigenvalue weighted by molar-refractivity contribution is 0.111. The Bertz CT molecular complexity index is 359. The zero-order chi connectivity index (χ0) is 15.3. The number of amides is 2. The van der Waals surface area contributed by atoms with E-state index >= 15 is 0 Å². The number of alkyl carbamates (subject to hydrolysis) is 1. The van der Waals surface area contributed by atoms with E-state index in [9.17, 15) is 9.59 Å². The molecular formula is C12H25N3O4Si. The van der Waals surface area contributed by atoms with Crippen molar-refractivity contribution in [3.63, 3.8) is 0 Å². The van der Waals surface area contributed by atoms with Gasteiger partial charge in [0.05, 0.1) is 12.6 Å². The molecule has 0 aromatic rings. The van der Waals surface area contributed by atoms with Gasteiger partial charge < -0.3 is 25.8 Å². The summed E-state index contributed by atoms with van der Waals surface area (Å²) in [5.41, 5.74) is 5.90. The number of ether oxygens (including phenoxy) is 1. The van der Waals surface area contributed by atoms with E-state index in [1.54, 1.807) is 0 Å². The predicted molar refractivity (Wildman–Crippen MR) is 78.6 cm³/mol. The first-order valence-electron chi connectivity index (χ1n) is 6.86. The molecule has 20 heavy (non-hydrogen) atoms. The third-order valence-corrected chi connectivity index (χ3v) is 5.03. The molecule has 4 N–H and O–H groups in total. The third-order valence-electron chi connectivity index (χ3n) is 3.33. The average Bonchev–Trinajstić information content (AvgIpc) is 2.30. The second-order valence-corrected chi connectivity index (χ2v) is 12.0. The molecule has 0 aliphatic carbocycles. The highest BCUT2D eigenvalue weighted by atomic mass is 28.3. The highest BCUT2D eigenvalue weighted by Gasteiger charge is 2.30. The summed E-state index contributed by atoms with van der Waals surface area (Å²) < 4.78 is 5.13. The molecule has 0 saturated carbocycles. The van der Waals surface area contributed by atoms with Crippen LogP contribution in [0.3, 0.4) is 0 Å². The summed E-state index contributed by atoms with van der Waals surface area (Å²) in [4.78, 5) is 23.9. The van der Waals surface area contributed by atoms with Crippen LogP contribution in [-0.2, 0) is 4.74 Å². The first-order chi connectivity index (χ1) is 9.19. The van der Waals surface area contributed by atoms with Gasteiger partial charge in [-0.25, -0.2) is 9.59 Å². The number of nitrogens with zero attached hydrogens (tertiary/aromatic N) is 1. The van der Waals surface area contributed by atoms with E-state index in [0.717, 1.165) is 6.04 Å². The highest BCUT2D eigenvalue weighted by molar-refractivity contribution is 6.76. The zero-order valence-corrected chi connectivity index (χ0v) is 13.4. The molecule has 2 atom stereocenters. The predicted octanol–water partition coefficient (Wildman–Crippen LogP) is 1.13. The van der Waals surface area contributed by atoms with Crippen molar-refractivity contribution in [1.29, 1.82) is 0 Å². The molecule has 1 heterocycles. The minimum Gasteiger partial charge on any atom is -0.465 e. The highest BCUT2D eigenvalue weighted by Crippen LogP contribution is 2.11. The van der Waals surface area contributed by atoms with Gasteiger partial charge in [-0.3, -0.25) is 0 Å². The Morgan fingerprint density at radius 3 is 2.65 bits per heavy atom. The molecule has 2 amide bonds. The van der Waals surface area contributed by atoms with E-state index in [0.29, 0.717) is 19.6 Å². The number of hydrogen-bond donors (Lipinski definition) is 3. The smallest absolute Gasteiger partial charge is 0.407 e. The first kappa shape index (κ1) is 16.8. The second-order valence-electron chi connectivity index (χ2n) is 6.38. The molecule has 1 saturated heterocycles. The van der Waals surface area contributed by atoms with Gasteiger partial charge in [0.2, 0.25) is 0 Å². The third kappa shape index (κ3) is 5.79. The Morgan fingerprint density at radius 1 is 1.45 bits per heavy atom. The molecule has 1 aliphatic rings. The van der Waals surface area contributed by atoms with Gasteiger partial charge in [0, 0.05) is 27.2 Å². The van der Waals surface area contributed by atoms with E-state index in [4.69, 9.17) is 15.6 Å². The SMILES string of the molecule is C[Si](C)(C)CCOC(=O)N[C@@H]1CN(C(=O)O)CC[C@@H]1N. The van der Waals surface area contributed by atoms with Gasteiger partial charge in [0.25, 0.3) is 0 Å². The molecule has 1 rings (SSSR count). The molecule has 0 radical (unpaired) electrons. The van der Waals surface area contributed by atoms with E-state index < -0.39 is 20.3 Å². The molecule has 0 spiro atoms. The van der Waals surface area contributed by atoms with Crippen molar-refractivity contribution in [3.8, 4) is 0 Å². The van der Waals surface area contributed by atoms with E-state index in [2.05, 4.69) is 25.0 Å². The molecule has 0 bridgehead atoms.